The van der Waals surface area contributed by atoms with Crippen LogP contribution in [-0.4, -0.2) is 46.4 Å². The van der Waals surface area contributed by atoms with E-state index in [-0.39, 0.29) is 23.2 Å². The first kappa shape index (κ1) is 22.4. The fraction of sp³-hybridized carbons (Fsp3) is 0.350. The van der Waals surface area contributed by atoms with E-state index in [1.165, 1.54) is 6.26 Å². The van der Waals surface area contributed by atoms with Gasteiger partial charge in [-0.3, -0.25) is 4.79 Å². The highest BCUT2D eigenvalue weighted by molar-refractivity contribution is 7.90. The lowest BCUT2D eigenvalue weighted by Gasteiger charge is -2.26. The van der Waals surface area contributed by atoms with E-state index >= 15 is 0 Å². The highest BCUT2D eigenvalue weighted by Gasteiger charge is 2.26. The van der Waals surface area contributed by atoms with E-state index in [1.807, 2.05) is 37.3 Å². The summed E-state index contributed by atoms with van der Waals surface area (Å²) < 4.78 is 29.4. The van der Waals surface area contributed by atoms with Crippen LogP contribution in [0, 0.1) is 6.92 Å². The third-order valence-electron chi connectivity index (χ3n) is 4.54. The SMILES string of the molecule is Cc1ccc(C(NC(=O)C2CNCCO2)c2cccc(S(C)(=O)=O)c2)cc1.Cl. The Balaban J connectivity index is 0.00000280. The van der Waals surface area contributed by atoms with E-state index in [0.717, 1.165) is 17.7 Å². The van der Waals surface area contributed by atoms with Gasteiger partial charge in [-0.2, -0.15) is 0 Å². The summed E-state index contributed by atoms with van der Waals surface area (Å²) in [5.74, 6) is -0.225. The molecule has 1 heterocycles. The molecule has 2 unspecified atom stereocenters. The Morgan fingerprint density at radius 2 is 1.89 bits per heavy atom. The number of rotatable bonds is 5. The number of sulfone groups is 1. The first-order valence-corrected chi connectivity index (χ1v) is 10.7. The summed E-state index contributed by atoms with van der Waals surface area (Å²) in [5.41, 5.74) is 2.69. The number of carbonyl (C=O) groups excluding carboxylic acids is 1. The minimum absolute atomic E-state index is 0. The Morgan fingerprint density at radius 1 is 1.18 bits per heavy atom. The van der Waals surface area contributed by atoms with Gasteiger partial charge in [-0.15, -0.1) is 12.4 Å². The van der Waals surface area contributed by atoms with Gasteiger partial charge in [-0.1, -0.05) is 42.0 Å². The zero-order valence-corrected chi connectivity index (χ0v) is 17.5. The Morgan fingerprint density at radius 3 is 2.50 bits per heavy atom. The number of morpholine rings is 1. The number of benzene rings is 2. The lowest BCUT2D eigenvalue weighted by molar-refractivity contribution is -0.134. The normalized spacial score (nSPS) is 18.0. The van der Waals surface area contributed by atoms with Gasteiger partial charge in [0.1, 0.15) is 6.10 Å². The second-order valence-corrected chi connectivity index (χ2v) is 8.78. The zero-order valence-electron chi connectivity index (χ0n) is 15.8. The molecule has 1 amide bonds. The highest BCUT2D eigenvalue weighted by atomic mass is 35.5. The van der Waals surface area contributed by atoms with Crippen LogP contribution >= 0.6 is 12.4 Å². The number of hydrogen-bond donors (Lipinski definition) is 2. The van der Waals surface area contributed by atoms with Crippen molar-refractivity contribution in [3.63, 3.8) is 0 Å². The largest absolute Gasteiger partial charge is 0.366 e. The highest BCUT2D eigenvalue weighted by Crippen LogP contribution is 2.25. The molecule has 6 nitrogen and oxygen atoms in total. The molecule has 8 heteroatoms. The van der Waals surface area contributed by atoms with Crippen molar-refractivity contribution in [2.45, 2.75) is 24.0 Å². The number of halogens is 1. The van der Waals surface area contributed by atoms with Gasteiger partial charge in [0.15, 0.2) is 9.84 Å². The van der Waals surface area contributed by atoms with Crippen molar-refractivity contribution in [2.75, 3.05) is 26.0 Å². The van der Waals surface area contributed by atoms with Gasteiger partial charge in [0.2, 0.25) is 0 Å². The summed E-state index contributed by atoms with van der Waals surface area (Å²) >= 11 is 0. The molecule has 2 atom stereocenters. The maximum absolute atomic E-state index is 12.7. The van der Waals surface area contributed by atoms with Crippen LogP contribution in [0.1, 0.15) is 22.7 Å². The predicted molar refractivity (Wildman–Crippen MR) is 111 cm³/mol. The lowest BCUT2D eigenvalue weighted by Crippen LogP contribution is -2.48. The molecule has 0 aliphatic carbocycles. The van der Waals surface area contributed by atoms with E-state index in [1.54, 1.807) is 18.2 Å². The molecule has 0 spiro atoms. The van der Waals surface area contributed by atoms with Crippen LogP contribution in [0.4, 0.5) is 0 Å². The molecule has 0 aromatic heterocycles. The van der Waals surface area contributed by atoms with Crippen LogP contribution in [0.5, 0.6) is 0 Å². The van der Waals surface area contributed by atoms with E-state index in [2.05, 4.69) is 10.6 Å². The quantitative estimate of drug-likeness (QED) is 0.767. The molecule has 1 fully saturated rings. The molecule has 0 bridgehead atoms. The third kappa shape index (κ3) is 5.54. The van der Waals surface area contributed by atoms with Gasteiger partial charge >= 0.3 is 0 Å². The number of ether oxygens (including phenoxy) is 1. The van der Waals surface area contributed by atoms with Crippen LogP contribution in [-0.2, 0) is 19.4 Å². The van der Waals surface area contributed by atoms with E-state index in [0.29, 0.717) is 18.7 Å². The first-order chi connectivity index (χ1) is 12.8. The molecule has 152 valence electrons. The summed E-state index contributed by atoms with van der Waals surface area (Å²) in [5, 5.41) is 6.16. The molecule has 1 aliphatic rings. The van der Waals surface area contributed by atoms with Gasteiger partial charge < -0.3 is 15.4 Å². The monoisotopic (exact) mass is 424 g/mol. The molecule has 3 rings (SSSR count). The summed E-state index contributed by atoms with van der Waals surface area (Å²) in [6.07, 6.45) is 0.609. The van der Waals surface area contributed by atoms with Crippen molar-refractivity contribution >= 4 is 28.2 Å². The van der Waals surface area contributed by atoms with Crippen LogP contribution < -0.4 is 10.6 Å². The molecular formula is C20H25ClN2O4S. The Hall–Kier alpha value is -1.93. The van der Waals surface area contributed by atoms with E-state index in [9.17, 15) is 13.2 Å². The number of amides is 1. The summed E-state index contributed by atoms with van der Waals surface area (Å²) in [4.78, 5) is 12.9. The van der Waals surface area contributed by atoms with Crippen LogP contribution in [0.15, 0.2) is 53.4 Å². The second kappa shape index (κ2) is 9.52. The Kier molecular flexibility index (Phi) is 7.60. The fourth-order valence-electron chi connectivity index (χ4n) is 3.01. The number of carbonyl (C=O) groups is 1. The minimum atomic E-state index is -3.34. The predicted octanol–water partition coefficient (Wildman–Crippen LogP) is 2.01. The van der Waals surface area contributed by atoms with Crippen molar-refractivity contribution in [3.05, 3.63) is 65.2 Å². The van der Waals surface area contributed by atoms with Crippen molar-refractivity contribution in [1.29, 1.82) is 0 Å². The van der Waals surface area contributed by atoms with E-state index < -0.39 is 22.0 Å². The molecule has 1 aliphatic heterocycles. The second-order valence-electron chi connectivity index (χ2n) is 6.76. The summed E-state index contributed by atoms with van der Waals surface area (Å²) in [7, 11) is -3.34. The fourth-order valence-corrected chi connectivity index (χ4v) is 3.69. The number of nitrogens with one attached hydrogen (secondary N) is 2. The van der Waals surface area contributed by atoms with Gasteiger partial charge in [0.25, 0.3) is 5.91 Å². The third-order valence-corrected chi connectivity index (χ3v) is 5.65. The molecule has 1 saturated heterocycles. The van der Waals surface area contributed by atoms with Crippen LogP contribution in [0.3, 0.4) is 0 Å². The van der Waals surface area contributed by atoms with Crippen molar-refractivity contribution < 1.29 is 17.9 Å². The maximum atomic E-state index is 12.7. The van der Waals surface area contributed by atoms with Gasteiger partial charge in [-0.05, 0) is 30.2 Å². The van der Waals surface area contributed by atoms with Gasteiger partial charge in [0.05, 0.1) is 17.5 Å². The van der Waals surface area contributed by atoms with Crippen molar-refractivity contribution in [1.82, 2.24) is 10.6 Å². The topological polar surface area (TPSA) is 84.5 Å². The average Bonchev–Trinajstić information content (AvgIpc) is 2.67. The van der Waals surface area contributed by atoms with Gasteiger partial charge in [0, 0.05) is 19.3 Å². The average molecular weight is 425 g/mol. The van der Waals surface area contributed by atoms with Crippen LogP contribution in [0.2, 0.25) is 0 Å². The molecule has 2 aromatic carbocycles. The first-order valence-electron chi connectivity index (χ1n) is 8.84. The zero-order chi connectivity index (χ0) is 19.4. The summed E-state index contributed by atoms with van der Waals surface area (Å²) in [6, 6.07) is 14.0. The van der Waals surface area contributed by atoms with Gasteiger partial charge in [-0.25, -0.2) is 8.42 Å². The standard InChI is InChI=1S/C20H24N2O4S.ClH/c1-14-6-8-15(9-7-14)19(22-20(23)18-13-21-10-11-26-18)16-4-3-5-17(12-16)27(2,24)25;/h3-9,12,18-19,21H,10-11,13H2,1-2H3,(H,22,23);1H. The maximum Gasteiger partial charge on any atom is 0.251 e. The molecule has 0 radical (unpaired) electrons. The number of aryl methyl sites for hydroxylation is 1. The van der Waals surface area contributed by atoms with Crippen molar-refractivity contribution in [2.24, 2.45) is 0 Å². The molecule has 2 aromatic rings. The lowest BCUT2D eigenvalue weighted by atomic mass is 9.97. The minimum Gasteiger partial charge on any atom is -0.366 e. The number of hydrogen-bond acceptors (Lipinski definition) is 5. The molecule has 28 heavy (non-hydrogen) atoms. The molecular weight excluding hydrogens is 400 g/mol. The Labute approximate surface area is 172 Å². The Bertz CT molecular complexity index is 910. The summed E-state index contributed by atoms with van der Waals surface area (Å²) in [6.45, 7) is 3.65. The van der Waals surface area contributed by atoms with Crippen molar-refractivity contribution in [3.8, 4) is 0 Å². The smallest absolute Gasteiger partial charge is 0.251 e. The van der Waals surface area contributed by atoms with Crippen LogP contribution in [0.25, 0.3) is 0 Å². The van der Waals surface area contributed by atoms with E-state index in [4.69, 9.17) is 4.74 Å². The molecule has 2 N–H and O–H groups in total. The molecule has 0 saturated carbocycles.